The van der Waals surface area contributed by atoms with E-state index >= 15 is 0 Å². The molecule has 0 saturated carbocycles. The Morgan fingerprint density at radius 1 is 1.07 bits per heavy atom. The van der Waals surface area contributed by atoms with Crippen LogP contribution in [0.15, 0.2) is 59.6 Å². The van der Waals surface area contributed by atoms with Gasteiger partial charge in [0.25, 0.3) is 10.0 Å². The van der Waals surface area contributed by atoms with Gasteiger partial charge in [-0.25, -0.2) is 8.42 Å². The summed E-state index contributed by atoms with van der Waals surface area (Å²) in [7, 11) is -4.02. The summed E-state index contributed by atoms with van der Waals surface area (Å²) in [5, 5.41) is 0.754. The lowest BCUT2D eigenvalue weighted by Crippen LogP contribution is -2.43. The quantitative estimate of drug-likeness (QED) is 0.683. The topological polar surface area (TPSA) is 79.4 Å². The van der Waals surface area contributed by atoms with Crippen molar-refractivity contribution in [3.63, 3.8) is 0 Å². The maximum Gasteiger partial charge on any atom is 0.471 e. The van der Waals surface area contributed by atoms with E-state index in [1.807, 2.05) is 0 Å². The number of fused-ring (bicyclic) bond motifs is 2. The van der Waals surface area contributed by atoms with Crippen molar-refractivity contribution >= 4 is 32.5 Å². The summed E-state index contributed by atoms with van der Waals surface area (Å²) in [6.45, 7) is -0.371. The fourth-order valence-corrected chi connectivity index (χ4v) is 4.56. The SMILES string of the molecule is O=C(N1CCc2ccc(S(=O)(=O)Nc3cccc4cccnc34)cc2C1)C(F)(F)F. The lowest BCUT2D eigenvalue weighted by Gasteiger charge is -2.29. The molecule has 30 heavy (non-hydrogen) atoms. The zero-order chi connectivity index (χ0) is 21.5. The molecule has 0 saturated heterocycles. The highest BCUT2D eigenvalue weighted by atomic mass is 32.2. The first-order chi connectivity index (χ1) is 14.1. The Morgan fingerprint density at radius 3 is 2.60 bits per heavy atom. The molecule has 1 aliphatic rings. The van der Waals surface area contributed by atoms with Crippen molar-refractivity contribution in [1.82, 2.24) is 9.88 Å². The van der Waals surface area contributed by atoms with Gasteiger partial charge >= 0.3 is 12.1 Å². The number of carbonyl (C=O) groups excluding carboxylic acids is 1. The maximum absolute atomic E-state index is 12.9. The standard InChI is InChI=1S/C20H16F3N3O3S/c21-20(22,23)19(27)26-10-8-13-6-7-16(11-15(13)12-26)30(28,29)25-17-5-1-3-14-4-2-9-24-18(14)17/h1-7,9,11,25H,8,10,12H2. The Morgan fingerprint density at radius 2 is 1.83 bits per heavy atom. The van der Waals surface area contributed by atoms with E-state index in [1.54, 1.807) is 42.6 Å². The Labute approximate surface area is 170 Å². The van der Waals surface area contributed by atoms with Crippen LogP contribution >= 0.6 is 0 Å². The first-order valence-electron chi connectivity index (χ1n) is 9.00. The summed E-state index contributed by atoms with van der Waals surface area (Å²) >= 11 is 0. The number of nitrogens with zero attached hydrogens (tertiary/aromatic N) is 2. The minimum absolute atomic E-state index is 0.0721. The van der Waals surface area contributed by atoms with Crippen LogP contribution in [0.2, 0.25) is 0 Å². The Bertz CT molecular complexity index is 1240. The minimum Gasteiger partial charge on any atom is -0.330 e. The molecule has 10 heteroatoms. The van der Waals surface area contributed by atoms with E-state index in [4.69, 9.17) is 0 Å². The number of hydrogen-bond donors (Lipinski definition) is 1. The number of aromatic nitrogens is 1. The zero-order valence-corrected chi connectivity index (χ0v) is 16.3. The Hall–Kier alpha value is -3.14. The highest BCUT2D eigenvalue weighted by Gasteiger charge is 2.43. The summed E-state index contributed by atoms with van der Waals surface area (Å²) in [5.41, 5.74) is 1.85. The number of benzene rings is 2. The largest absolute Gasteiger partial charge is 0.471 e. The molecule has 2 heterocycles. The van der Waals surface area contributed by atoms with E-state index in [9.17, 15) is 26.4 Å². The second kappa shape index (κ2) is 7.28. The van der Waals surface area contributed by atoms with Gasteiger partial charge in [-0.1, -0.05) is 24.3 Å². The predicted molar refractivity (Wildman–Crippen MR) is 104 cm³/mol. The number of amides is 1. The molecule has 1 N–H and O–H groups in total. The fourth-order valence-electron chi connectivity index (χ4n) is 3.44. The van der Waals surface area contributed by atoms with Gasteiger partial charge < -0.3 is 4.90 Å². The second-order valence-corrected chi connectivity index (χ2v) is 8.57. The Kier molecular flexibility index (Phi) is 4.89. The third kappa shape index (κ3) is 3.82. The van der Waals surface area contributed by atoms with Crippen LogP contribution in [0.3, 0.4) is 0 Å². The Balaban J connectivity index is 1.64. The average Bonchev–Trinajstić information content (AvgIpc) is 2.72. The number of alkyl halides is 3. The number of pyridine rings is 1. The molecule has 156 valence electrons. The zero-order valence-electron chi connectivity index (χ0n) is 15.5. The molecule has 3 aromatic rings. The van der Waals surface area contributed by atoms with Gasteiger partial charge in [0.05, 0.1) is 16.1 Å². The normalized spacial score (nSPS) is 14.4. The summed E-state index contributed by atoms with van der Waals surface area (Å²) in [5.74, 6) is -1.93. The van der Waals surface area contributed by atoms with Crippen molar-refractivity contribution in [3.05, 3.63) is 65.9 Å². The molecule has 0 bridgehead atoms. The number of rotatable bonds is 3. The monoisotopic (exact) mass is 435 g/mol. The molecule has 1 aliphatic heterocycles. The summed E-state index contributed by atoms with van der Waals surface area (Å²) in [6.07, 6.45) is -3.20. The van der Waals surface area contributed by atoms with Crippen LogP contribution in [0.1, 0.15) is 11.1 Å². The van der Waals surface area contributed by atoms with Crippen LogP contribution in [-0.2, 0) is 27.8 Å². The summed E-state index contributed by atoms with van der Waals surface area (Å²) in [4.78, 5) is 16.3. The van der Waals surface area contributed by atoms with E-state index in [2.05, 4.69) is 9.71 Å². The van der Waals surface area contributed by atoms with Crippen LogP contribution in [-0.4, -0.2) is 36.9 Å². The molecule has 1 amide bonds. The van der Waals surface area contributed by atoms with Gasteiger partial charge in [0.1, 0.15) is 0 Å². The van der Waals surface area contributed by atoms with Gasteiger partial charge in [-0.15, -0.1) is 0 Å². The number of nitrogens with one attached hydrogen (secondary N) is 1. The van der Waals surface area contributed by atoms with E-state index in [1.165, 1.54) is 12.1 Å². The lowest BCUT2D eigenvalue weighted by molar-refractivity contribution is -0.186. The maximum atomic E-state index is 12.9. The molecule has 0 unspecified atom stereocenters. The van der Waals surface area contributed by atoms with Crippen LogP contribution in [0.5, 0.6) is 0 Å². The first-order valence-corrected chi connectivity index (χ1v) is 10.5. The molecular weight excluding hydrogens is 419 g/mol. The summed E-state index contributed by atoms with van der Waals surface area (Å²) < 4.78 is 66.5. The first kappa shape index (κ1) is 20.1. The molecule has 0 atom stereocenters. The minimum atomic E-state index is -4.97. The van der Waals surface area contributed by atoms with Crippen molar-refractivity contribution in [2.45, 2.75) is 24.0 Å². The summed E-state index contributed by atoms with van der Waals surface area (Å²) in [6, 6.07) is 12.9. The molecular formula is C20H16F3N3O3S. The smallest absolute Gasteiger partial charge is 0.330 e. The van der Waals surface area contributed by atoms with Crippen molar-refractivity contribution < 1.29 is 26.4 Å². The molecule has 2 aromatic carbocycles. The molecule has 0 fully saturated rings. The van der Waals surface area contributed by atoms with E-state index in [0.29, 0.717) is 27.2 Å². The van der Waals surface area contributed by atoms with Crippen molar-refractivity contribution in [1.29, 1.82) is 0 Å². The molecule has 6 nitrogen and oxygen atoms in total. The number of sulfonamides is 1. The van der Waals surface area contributed by atoms with Crippen LogP contribution in [0.4, 0.5) is 18.9 Å². The number of halogens is 3. The van der Waals surface area contributed by atoms with Gasteiger partial charge in [-0.2, -0.15) is 13.2 Å². The van der Waals surface area contributed by atoms with Gasteiger partial charge in [0, 0.05) is 24.7 Å². The van der Waals surface area contributed by atoms with E-state index < -0.39 is 22.1 Å². The number of para-hydroxylation sites is 1. The van der Waals surface area contributed by atoms with E-state index in [0.717, 1.165) is 5.39 Å². The van der Waals surface area contributed by atoms with E-state index in [-0.39, 0.29) is 24.4 Å². The van der Waals surface area contributed by atoms with Crippen LogP contribution in [0, 0.1) is 0 Å². The van der Waals surface area contributed by atoms with Gasteiger partial charge in [-0.3, -0.25) is 14.5 Å². The van der Waals surface area contributed by atoms with Gasteiger partial charge in [0.2, 0.25) is 0 Å². The molecule has 1 aromatic heterocycles. The number of hydrogen-bond acceptors (Lipinski definition) is 4. The van der Waals surface area contributed by atoms with Crippen molar-refractivity contribution in [2.24, 2.45) is 0 Å². The van der Waals surface area contributed by atoms with Crippen LogP contribution in [0.25, 0.3) is 10.9 Å². The lowest BCUT2D eigenvalue weighted by atomic mass is 10.00. The van der Waals surface area contributed by atoms with Gasteiger partial charge in [-0.05, 0) is 41.8 Å². The second-order valence-electron chi connectivity index (χ2n) is 6.89. The number of carbonyl (C=O) groups is 1. The van der Waals surface area contributed by atoms with Crippen molar-refractivity contribution in [3.8, 4) is 0 Å². The third-order valence-corrected chi connectivity index (χ3v) is 6.27. The molecule has 0 aliphatic carbocycles. The average molecular weight is 435 g/mol. The third-order valence-electron chi connectivity index (χ3n) is 4.91. The molecule has 4 rings (SSSR count). The predicted octanol–water partition coefficient (Wildman–Crippen LogP) is 3.48. The van der Waals surface area contributed by atoms with Crippen LogP contribution < -0.4 is 4.72 Å². The van der Waals surface area contributed by atoms with Crippen molar-refractivity contribution in [2.75, 3.05) is 11.3 Å². The highest BCUT2D eigenvalue weighted by Crippen LogP contribution is 2.28. The molecule has 0 spiro atoms. The molecule has 0 radical (unpaired) electrons. The number of anilines is 1. The highest BCUT2D eigenvalue weighted by molar-refractivity contribution is 7.92. The van der Waals surface area contributed by atoms with Gasteiger partial charge in [0.15, 0.2) is 0 Å². The fraction of sp³-hybridized carbons (Fsp3) is 0.200.